The number of morpholine rings is 1. The summed E-state index contributed by atoms with van der Waals surface area (Å²) >= 11 is 0. The molecule has 1 aliphatic heterocycles. The Balaban J connectivity index is 2.43. The van der Waals surface area contributed by atoms with Crippen LogP contribution in [-0.2, 0) is 4.74 Å². The van der Waals surface area contributed by atoms with E-state index in [2.05, 4.69) is 0 Å². The Morgan fingerprint density at radius 3 is 2.33 bits per heavy atom. The van der Waals surface area contributed by atoms with Crippen molar-refractivity contribution in [1.82, 2.24) is 0 Å². The van der Waals surface area contributed by atoms with Gasteiger partial charge in [-0.05, 0) is 12.1 Å². The number of hydrogen-bond donors (Lipinski definition) is 1. The van der Waals surface area contributed by atoms with E-state index in [-0.39, 0.29) is 18.8 Å². The van der Waals surface area contributed by atoms with Crippen LogP contribution < -0.4 is 10.6 Å². The van der Waals surface area contributed by atoms with E-state index in [0.29, 0.717) is 12.1 Å². The molecule has 1 aromatic rings. The van der Waals surface area contributed by atoms with Crippen LogP contribution in [0.4, 0.5) is 27.6 Å². The van der Waals surface area contributed by atoms with Crippen LogP contribution in [0.25, 0.3) is 0 Å². The molecule has 1 atom stereocenters. The fraction of sp³-hybridized carbons (Fsp3) is 0.417. The van der Waals surface area contributed by atoms with Gasteiger partial charge in [0.15, 0.2) is 0 Å². The molecule has 9 heteroatoms. The maximum absolute atomic E-state index is 13.7. The Kier molecular flexibility index (Phi) is 4.04. The maximum Gasteiger partial charge on any atom is 0.411 e. The number of ether oxygens (including phenoxy) is 1. The van der Waals surface area contributed by atoms with Crippen LogP contribution in [0.3, 0.4) is 0 Å². The van der Waals surface area contributed by atoms with E-state index in [4.69, 9.17) is 10.5 Å². The van der Waals surface area contributed by atoms with Gasteiger partial charge in [-0.2, -0.15) is 13.2 Å². The summed E-state index contributed by atoms with van der Waals surface area (Å²) < 4.78 is 70.8. The van der Waals surface area contributed by atoms with E-state index in [1.165, 1.54) is 0 Å². The topological polar surface area (TPSA) is 55.6 Å². The Morgan fingerprint density at radius 1 is 1.29 bits per heavy atom. The number of carbonyl (C=O) groups excluding carboxylic acids is 1. The normalized spacial score (nSPS) is 19.7. The summed E-state index contributed by atoms with van der Waals surface area (Å²) in [4.78, 5) is 11.7. The molecule has 1 aliphatic rings. The van der Waals surface area contributed by atoms with Crippen molar-refractivity contribution < 1.29 is 31.5 Å². The highest BCUT2D eigenvalue weighted by atomic mass is 19.4. The van der Waals surface area contributed by atoms with Crippen LogP contribution in [0.15, 0.2) is 12.1 Å². The Hall–Kier alpha value is -1.90. The van der Waals surface area contributed by atoms with Crippen LogP contribution in [0.5, 0.6) is 0 Å². The predicted molar refractivity (Wildman–Crippen MR) is 62.9 cm³/mol. The van der Waals surface area contributed by atoms with Gasteiger partial charge < -0.3 is 15.4 Å². The molecule has 2 N–H and O–H groups in total. The lowest BCUT2D eigenvalue weighted by Gasteiger charge is -2.38. The fourth-order valence-corrected chi connectivity index (χ4v) is 2.14. The zero-order valence-corrected chi connectivity index (χ0v) is 10.6. The Labute approximate surface area is 116 Å². The van der Waals surface area contributed by atoms with Crippen molar-refractivity contribution in [1.29, 1.82) is 0 Å². The summed E-state index contributed by atoms with van der Waals surface area (Å²) in [6, 6.07) is -0.690. The number of carbonyl (C=O) groups is 1. The molecule has 0 aromatic heterocycles. The van der Waals surface area contributed by atoms with E-state index in [1.54, 1.807) is 0 Å². The third-order valence-electron chi connectivity index (χ3n) is 3.11. The molecule has 0 saturated carbocycles. The number of primary amides is 1. The number of nitrogens with zero attached hydrogens (tertiary/aromatic N) is 1. The molecular weight excluding hydrogens is 299 g/mol. The number of anilines is 1. The monoisotopic (exact) mass is 310 g/mol. The standard InChI is InChI=1S/C12H11F5N2O2/c13-7-3-6(4-8(14)10(7)11(18)20)19-1-2-21-5-9(19)12(15,16)17/h3-4,9H,1-2,5H2,(H2,18,20). The van der Waals surface area contributed by atoms with Crippen molar-refractivity contribution in [2.75, 3.05) is 24.7 Å². The molecule has 21 heavy (non-hydrogen) atoms. The summed E-state index contributed by atoms with van der Waals surface area (Å²) in [7, 11) is 0. The van der Waals surface area contributed by atoms with Crippen LogP contribution in [-0.4, -0.2) is 37.9 Å². The summed E-state index contributed by atoms with van der Waals surface area (Å²) in [5, 5.41) is 0. The van der Waals surface area contributed by atoms with Crippen LogP contribution in [0, 0.1) is 11.6 Å². The van der Waals surface area contributed by atoms with Crippen molar-refractivity contribution in [3.05, 3.63) is 29.3 Å². The van der Waals surface area contributed by atoms with E-state index in [1.807, 2.05) is 0 Å². The number of nitrogens with two attached hydrogens (primary N) is 1. The lowest BCUT2D eigenvalue weighted by Crippen LogP contribution is -2.53. The quantitative estimate of drug-likeness (QED) is 0.848. The van der Waals surface area contributed by atoms with Gasteiger partial charge in [0.05, 0.1) is 13.2 Å². The number of alkyl halides is 3. The highest BCUT2D eigenvalue weighted by Gasteiger charge is 2.45. The van der Waals surface area contributed by atoms with Crippen LogP contribution in [0.2, 0.25) is 0 Å². The molecule has 116 valence electrons. The minimum Gasteiger partial charge on any atom is -0.377 e. The van der Waals surface area contributed by atoms with E-state index >= 15 is 0 Å². The highest BCUT2D eigenvalue weighted by molar-refractivity contribution is 5.93. The zero-order chi connectivity index (χ0) is 15.8. The number of amides is 1. The lowest BCUT2D eigenvalue weighted by atomic mass is 10.1. The minimum absolute atomic E-state index is 0.00656. The first-order valence-electron chi connectivity index (χ1n) is 5.91. The molecule has 1 saturated heterocycles. The second-order valence-corrected chi connectivity index (χ2v) is 4.47. The smallest absolute Gasteiger partial charge is 0.377 e. The van der Waals surface area contributed by atoms with E-state index in [0.717, 1.165) is 4.90 Å². The average Bonchev–Trinajstić information content (AvgIpc) is 2.36. The Morgan fingerprint density at radius 2 is 1.86 bits per heavy atom. The summed E-state index contributed by atoms with van der Waals surface area (Å²) in [6.07, 6.45) is -4.62. The van der Waals surface area contributed by atoms with Gasteiger partial charge in [-0.3, -0.25) is 4.79 Å². The van der Waals surface area contributed by atoms with Gasteiger partial charge in [-0.25, -0.2) is 8.78 Å². The van der Waals surface area contributed by atoms with Crippen molar-refractivity contribution in [2.45, 2.75) is 12.2 Å². The molecule has 1 heterocycles. The minimum atomic E-state index is -4.62. The fourth-order valence-electron chi connectivity index (χ4n) is 2.14. The molecule has 1 unspecified atom stereocenters. The Bertz CT molecular complexity index is 538. The largest absolute Gasteiger partial charge is 0.411 e. The first-order valence-corrected chi connectivity index (χ1v) is 5.91. The van der Waals surface area contributed by atoms with Crippen molar-refractivity contribution >= 4 is 11.6 Å². The van der Waals surface area contributed by atoms with Gasteiger partial charge in [-0.1, -0.05) is 0 Å². The summed E-state index contributed by atoms with van der Waals surface area (Å²) in [5.41, 5.74) is 3.51. The zero-order valence-electron chi connectivity index (χ0n) is 10.6. The molecule has 0 spiro atoms. The molecule has 0 radical (unpaired) electrons. The lowest BCUT2D eigenvalue weighted by molar-refractivity contribution is -0.167. The van der Waals surface area contributed by atoms with Crippen LogP contribution in [0.1, 0.15) is 10.4 Å². The summed E-state index contributed by atoms with van der Waals surface area (Å²) in [5.74, 6) is -3.93. The van der Waals surface area contributed by atoms with Gasteiger partial charge in [0.25, 0.3) is 5.91 Å². The second kappa shape index (κ2) is 5.47. The molecule has 1 fully saturated rings. The van der Waals surface area contributed by atoms with Crippen molar-refractivity contribution in [3.8, 4) is 0 Å². The van der Waals surface area contributed by atoms with Crippen molar-refractivity contribution in [3.63, 3.8) is 0 Å². The molecule has 1 amide bonds. The first-order chi connectivity index (χ1) is 9.71. The average molecular weight is 310 g/mol. The number of rotatable bonds is 2. The highest BCUT2D eigenvalue weighted by Crippen LogP contribution is 2.32. The molecule has 1 aromatic carbocycles. The first kappa shape index (κ1) is 15.5. The van der Waals surface area contributed by atoms with Gasteiger partial charge in [0.2, 0.25) is 0 Å². The molecule has 4 nitrogen and oxygen atoms in total. The SMILES string of the molecule is NC(=O)c1c(F)cc(N2CCOCC2C(F)(F)F)cc1F. The van der Waals surface area contributed by atoms with E-state index < -0.39 is 41.9 Å². The van der Waals surface area contributed by atoms with Gasteiger partial charge in [0, 0.05) is 12.2 Å². The number of hydrogen-bond acceptors (Lipinski definition) is 3. The summed E-state index contributed by atoms with van der Waals surface area (Å²) in [6.45, 7) is -0.823. The van der Waals surface area contributed by atoms with Gasteiger partial charge in [-0.15, -0.1) is 0 Å². The number of benzene rings is 1. The second-order valence-electron chi connectivity index (χ2n) is 4.47. The van der Waals surface area contributed by atoms with Gasteiger partial charge in [0.1, 0.15) is 23.2 Å². The molecular formula is C12H11F5N2O2. The maximum atomic E-state index is 13.7. The number of halogens is 5. The molecule has 0 bridgehead atoms. The molecule has 2 rings (SSSR count). The third-order valence-corrected chi connectivity index (χ3v) is 3.11. The van der Waals surface area contributed by atoms with Crippen LogP contribution >= 0.6 is 0 Å². The third kappa shape index (κ3) is 3.07. The van der Waals surface area contributed by atoms with E-state index in [9.17, 15) is 26.7 Å². The van der Waals surface area contributed by atoms with Crippen molar-refractivity contribution in [2.24, 2.45) is 5.73 Å². The van der Waals surface area contributed by atoms with Gasteiger partial charge >= 0.3 is 6.18 Å². The molecule has 0 aliphatic carbocycles. The predicted octanol–water partition coefficient (Wildman–Crippen LogP) is 1.83.